The number of para-hydroxylation sites is 1. The monoisotopic (exact) mass is 343 g/mol. The molecule has 0 saturated carbocycles. The van der Waals surface area contributed by atoms with Crippen LogP contribution in [0.5, 0.6) is 5.75 Å². The van der Waals surface area contributed by atoms with Crippen LogP contribution in [0.1, 0.15) is 24.2 Å². The van der Waals surface area contributed by atoms with Gasteiger partial charge < -0.3 is 15.2 Å². The van der Waals surface area contributed by atoms with Crippen molar-refractivity contribution < 1.29 is 19.0 Å². The number of carbonyl (C=O) groups excluding carboxylic acids is 1. The van der Waals surface area contributed by atoms with Gasteiger partial charge in [-0.05, 0) is 31.0 Å². The van der Waals surface area contributed by atoms with Crippen LogP contribution in [0.2, 0.25) is 0 Å². The van der Waals surface area contributed by atoms with E-state index in [1.165, 1.54) is 18.2 Å². The molecule has 1 amide bonds. The highest BCUT2D eigenvalue weighted by Gasteiger charge is 2.13. The maximum absolute atomic E-state index is 13.6. The Kier molecular flexibility index (Phi) is 6.71. The van der Waals surface area contributed by atoms with Gasteiger partial charge in [0.25, 0.3) is 0 Å². The number of amides is 1. The van der Waals surface area contributed by atoms with Crippen molar-refractivity contribution in [3.63, 3.8) is 0 Å². The van der Waals surface area contributed by atoms with Gasteiger partial charge in [0, 0.05) is 18.2 Å². The summed E-state index contributed by atoms with van der Waals surface area (Å²) in [6, 6.07) is 13.6. The molecule has 132 valence electrons. The normalized spacial score (nSPS) is 12.6. The van der Waals surface area contributed by atoms with Crippen LogP contribution in [0.25, 0.3) is 0 Å². The topological polar surface area (TPSA) is 58.6 Å². The molecular formula is C20H22FNO3. The van der Waals surface area contributed by atoms with Gasteiger partial charge in [0.15, 0.2) is 0 Å². The minimum Gasteiger partial charge on any atom is -0.496 e. The third kappa shape index (κ3) is 5.43. The lowest BCUT2D eigenvalue weighted by atomic mass is 10.0. The number of ether oxygens (including phenoxy) is 1. The van der Waals surface area contributed by atoms with Crippen LogP contribution in [0.4, 0.5) is 4.39 Å². The number of aliphatic hydroxyl groups is 1. The summed E-state index contributed by atoms with van der Waals surface area (Å²) in [4.78, 5) is 12.0. The van der Waals surface area contributed by atoms with E-state index in [9.17, 15) is 14.3 Å². The van der Waals surface area contributed by atoms with Gasteiger partial charge in [-0.2, -0.15) is 0 Å². The summed E-state index contributed by atoms with van der Waals surface area (Å²) in [6.45, 7) is 1.79. The lowest BCUT2D eigenvalue weighted by Crippen LogP contribution is -2.27. The van der Waals surface area contributed by atoms with Crippen molar-refractivity contribution in [2.45, 2.75) is 19.4 Å². The predicted octanol–water partition coefficient (Wildman–Crippen LogP) is 3.17. The van der Waals surface area contributed by atoms with Crippen LogP contribution in [0.15, 0.2) is 60.2 Å². The van der Waals surface area contributed by atoms with Crippen molar-refractivity contribution >= 4 is 5.91 Å². The summed E-state index contributed by atoms with van der Waals surface area (Å²) in [5, 5.41) is 12.6. The number of carbonyl (C=O) groups is 1. The van der Waals surface area contributed by atoms with Crippen molar-refractivity contribution in [2.24, 2.45) is 0 Å². The maximum Gasteiger partial charge on any atom is 0.244 e. The number of hydrogen-bond acceptors (Lipinski definition) is 3. The molecule has 0 fully saturated rings. The summed E-state index contributed by atoms with van der Waals surface area (Å²) >= 11 is 0. The molecule has 0 aromatic heterocycles. The Hall–Kier alpha value is -2.66. The van der Waals surface area contributed by atoms with E-state index in [2.05, 4.69) is 5.32 Å². The number of hydrogen-bond donors (Lipinski definition) is 2. The van der Waals surface area contributed by atoms with E-state index in [0.29, 0.717) is 6.42 Å². The van der Waals surface area contributed by atoms with Gasteiger partial charge in [0.05, 0.1) is 13.2 Å². The fourth-order valence-electron chi connectivity index (χ4n) is 2.53. The van der Waals surface area contributed by atoms with E-state index >= 15 is 0 Å². The average Bonchev–Trinajstić information content (AvgIpc) is 2.60. The largest absolute Gasteiger partial charge is 0.496 e. The zero-order valence-electron chi connectivity index (χ0n) is 14.3. The van der Waals surface area contributed by atoms with Gasteiger partial charge in [0.1, 0.15) is 11.6 Å². The molecule has 4 nitrogen and oxygen atoms in total. The number of nitrogens with one attached hydrogen (secondary N) is 1. The van der Waals surface area contributed by atoms with E-state index in [0.717, 1.165) is 16.9 Å². The molecular weight excluding hydrogens is 321 g/mol. The fraction of sp³-hybridized carbons (Fsp3) is 0.250. The molecule has 2 aromatic rings. The Balaban J connectivity index is 1.92. The zero-order chi connectivity index (χ0) is 18.2. The Morgan fingerprint density at radius 3 is 2.64 bits per heavy atom. The SMILES string of the molecule is COc1ccccc1C/C(C)=C/C(=O)NCC(O)c1ccccc1F. The highest BCUT2D eigenvalue weighted by atomic mass is 19.1. The van der Waals surface area contributed by atoms with Crippen LogP contribution in [0, 0.1) is 5.82 Å². The highest BCUT2D eigenvalue weighted by Crippen LogP contribution is 2.20. The minimum atomic E-state index is -1.09. The van der Waals surface area contributed by atoms with E-state index in [1.54, 1.807) is 19.2 Å². The van der Waals surface area contributed by atoms with E-state index in [1.807, 2.05) is 31.2 Å². The molecule has 0 heterocycles. The number of benzene rings is 2. The first-order chi connectivity index (χ1) is 12.0. The molecule has 0 bridgehead atoms. The minimum absolute atomic E-state index is 0.0573. The lowest BCUT2D eigenvalue weighted by molar-refractivity contribution is -0.117. The van der Waals surface area contributed by atoms with Crippen molar-refractivity contribution in [2.75, 3.05) is 13.7 Å². The molecule has 2 aromatic carbocycles. The van der Waals surface area contributed by atoms with Gasteiger partial charge in [-0.25, -0.2) is 4.39 Å². The van der Waals surface area contributed by atoms with E-state index in [4.69, 9.17) is 4.74 Å². The molecule has 2 rings (SSSR count). The van der Waals surface area contributed by atoms with Crippen LogP contribution in [0.3, 0.4) is 0 Å². The summed E-state index contributed by atoms with van der Waals surface area (Å²) in [7, 11) is 1.61. The number of aliphatic hydroxyl groups excluding tert-OH is 1. The molecule has 25 heavy (non-hydrogen) atoms. The number of allylic oxidation sites excluding steroid dienone is 1. The quantitative estimate of drug-likeness (QED) is 0.759. The van der Waals surface area contributed by atoms with Gasteiger partial charge in [-0.15, -0.1) is 0 Å². The molecule has 0 aliphatic carbocycles. The first-order valence-electron chi connectivity index (χ1n) is 8.00. The van der Waals surface area contributed by atoms with E-state index in [-0.39, 0.29) is 18.0 Å². The molecule has 1 atom stereocenters. The smallest absolute Gasteiger partial charge is 0.244 e. The maximum atomic E-state index is 13.6. The first-order valence-corrected chi connectivity index (χ1v) is 8.00. The third-order valence-corrected chi connectivity index (χ3v) is 3.77. The zero-order valence-corrected chi connectivity index (χ0v) is 14.3. The van der Waals surface area contributed by atoms with Gasteiger partial charge >= 0.3 is 0 Å². The Morgan fingerprint density at radius 2 is 1.92 bits per heavy atom. The summed E-state index contributed by atoms with van der Waals surface area (Å²) in [5.74, 6) is -0.0550. The van der Waals surface area contributed by atoms with Gasteiger partial charge in [-0.1, -0.05) is 42.0 Å². The van der Waals surface area contributed by atoms with Crippen LogP contribution < -0.4 is 10.1 Å². The van der Waals surface area contributed by atoms with Crippen molar-refractivity contribution in [3.05, 3.63) is 77.1 Å². The molecule has 0 saturated heterocycles. The van der Waals surface area contributed by atoms with Crippen molar-refractivity contribution in [1.29, 1.82) is 0 Å². The second kappa shape index (κ2) is 8.99. The number of methoxy groups -OCH3 is 1. The Bertz CT molecular complexity index is 758. The van der Waals surface area contributed by atoms with Crippen molar-refractivity contribution in [3.8, 4) is 5.75 Å². The Labute approximate surface area is 147 Å². The summed E-state index contributed by atoms with van der Waals surface area (Å²) < 4.78 is 18.9. The molecule has 5 heteroatoms. The predicted molar refractivity (Wildman–Crippen MR) is 94.8 cm³/mol. The second-order valence-electron chi connectivity index (χ2n) is 5.76. The first kappa shape index (κ1) is 18.7. The lowest BCUT2D eigenvalue weighted by Gasteiger charge is -2.12. The van der Waals surface area contributed by atoms with Crippen LogP contribution in [-0.2, 0) is 11.2 Å². The van der Waals surface area contributed by atoms with Gasteiger partial charge in [0.2, 0.25) is 5.91 Å². The second-order valence-corrected chi connectivity index (χ2v) is 5.76. The fourth-order valence-corrected chi connectivity index (χ4v) is 2.53. The molecule has 1 unspecified atom stereocenters. The summed E-state index contributed by atoms with van der Waals surface area (Å²) in [6.07, 6.45) is 0.960. The van der Waals surface area contributed by atoms with Crippen LogP contribution >= 0.6 is 0 Å². The highest BCUT2D eigenvalue weighted by molar-refractivity contribution is 5.88. The van der Waals surface area contributed by atoms with Gasteiger partial charge in [-0.3, -0.25) is 4.79 Å². The standard InChI is InChI=1S/C20H22FNO3/c1-14(11-15-7-3-6-10-19(15)25-2)12-20(24)22-13-18(23)16-8-4-5-9-17(16)21/h3-10,12,18,23H,11,13H2,1-2H3,(H,22,24)/b14-12+. The van der Waals surface area contributed by atoms with Crippen molar-refractivity contribution in [1.82, 2.24) is 5.32 Å². The third-order valence-electron chi connectivity index (χ3n) is 3.77. The molecule has 0 aliphatic rings. The molecule has 0 aliphatic heterocycles. The number of halogens is 1. The summed E-state index contributed by atoms with van der Waals surface area (Å²) in [5.41, 5.74) is 2.00. The molecule has 0 radical (unpaired) electrons. The van der Waals surface area contributed by atoms with E-state index < -0.39 is 11.9 Å². The average molecular weight is 343 g/mol. The molecule has 0 spiro atoms. The van der Waals surface area contributed by atoms with Crippen LogP contribution in [-0.4, -0.2) is 24.7 Å². The Morgan fingerprint density at radius 1 is 1.24 bits per heavy atom. The molecule has 2 N–H and O–H groups in total. The number of rotatable bonds is 7.